The Labute approximate surface area is 104 Å². The summed E-state index contributed by atoms with van der Waals surface area (Å²) >= 11 is 0. The van der Waals surface area contributed by atoms with Crippen molar-refractivity contribution < 1.29 is 18.7 Å². The molecule has 1 aromatic carbocycles. The number of anilines is 1. The van der Waals surface area contributed by atoms with Crippen molar-refractivity contribution in [1.82, 2.24) is 0 Å². The van der Waals surface area contributed by atoms with Gasteiger partial charge in [0, 0.05) is 12.1 Å². The zero-order valence-electron chi connectivity index (χ0n) is 10.0. The topological polar surface area (TPSA) is 55.4 Å². The fourth-order valence-corrected chi connectivity index (χ4v) is 2.03. The molecule has 1 heterocycles. The maximum atomic E-state index is 13.1. The number of ether oxygens (including phenoxy) is 1. The van der Waals surface area contributed by atoms with E-state index >= 15 is 0 Å². The van der Waals surface area contributed by atoms with Crippen LogP contribution >= 0.6 is 0 Å². The van der Waals surface area contributed by atoms with Crippen molar-refractivity contribution in [2.75, 3.05) is 11.9 Å². The second-order valence-electron chi connectivity index (χ2n) is 4.21. The van der Waals surface area contributed by atoms with Gasteiger partial charge in [0.2, 0.25) is 5.91 Å². The molecule has 2 rings (SSSR count). The van der Waals surface area contributed by atoms with E-state index in [0.29, 0.717) is 12.1 Å². The van der Waals surface area contributed by atoms with Crippen LogP contribution in [0.3, 0.4) is 0 Å². The van der Waals surface area contributed by atoms with Crippen molar-refractivity contribution in [2.24, 2.45) is 5.92 Å². The Hall–Kier alpha value is -1.91. The molecule has 5 heteroatoms. The fraction of sp³-hybridized carbons (Fsp3) is 0.385. The normalized spacial score (nSPS) is 18.6. The molecule has 1 aromatic rings. The first-order valence-electron chi connectivity index (χ1n) is 5.85. The monoisotopic (exact) mass is 251 g/mol. The Morgan fingerprint density at radius 3 is 3.00 bits per heavy atom. The van der Waals surface area contributed by atoms with Crippen molar-refractivity contribution in [3.63, 3.8) is 0 Å². The van der Waals surface area contributed by atoms with Gasteiger partial charge in [0.05, 0.1) is 12.5 Å². The van der Waals surface area contributed by atoms with Crippen LogP contribution in [0, 0.1) is 11.7 Å². The number of hydrogen-bond donors (Lipinski definition) is 1. The van der Waals surface area contributed by atoms with Crippen LogP contribution in [0.4, 0.5) is 10.1 Å². The number of fused-ring (bicyclic) bond motifs is 1. The molecule has 1 aliphatic rings. The van der Waals surface area contributed by atoms with Crippen LogP contribution in [0.5, 0.6) is 0 Å². The molecule has 1 aliphatic heterocycles. The molecule has 0 spiro atoms. The van der Waals surface area contributed by atoms with Crippen molar-refractivity contribution in [3.8, 4) is 0 Å². The van der Waals surface area contributed by atoms with Gasteiger partial charge in [-0.1, -0.05) is 6.07 Å². The maximum absolute atomic E-state index is 13.1. The Bertz CT molecular complexity index is 487. The van der Waals surface area contributed by atoms with Crippen molar-refractivity contribution in [2.45, 2.75) is 19.8 Å². The fourth-order valence-electron chi connectivity index (χ4n) is 2.03. The van der Waals surface area contributed by atoms with Crippen LogP contribution in [0.2, 0.25) is 0 Å². The maximum Gasteiger partial charge on any atom is 0.309 e. The van der Waals surface area contributed by atoms with Gasteiger partial charge in [-0.3, -0.25) is 9.59 Å². The van der Waals surface area contributed by atoms with Crippen molar-refractivity contribution >= 4 is 17.6 Å². The van der Waals surface area contributed by atoms with E-state index < -0.39 is 11.7 Å². The molecule has 0 unspecified atom stereocenters. The van der Waals surface area contributed by atoms with E-state index in [1.165, 1.54) is 12.1 Å². The Morgan fingerprint density at radius 1 is 1.50 bits per heavy atom. The third-order valence-corrected chi connectivity index (χ3v) is 2.86. The minimum atomic E-state index is -0.503. The highest BCUT2D eigenvalue weighted by Crippen LogP contribution is 2.26. The summed E-state index contributed by atoms with van der Waals surface area (Å²) < 4.78 is 18.0. The lowest BCUT2D eigenvalue weighted by atomic mass is 9.97. The number of carbonyl (C=O) groups is 2. The van der Waals surface area contributed by atoms with Gasteiger partial charge in [-0.25, -0.2) is 4.39 Å². The standard InChI is InChI=1S/C13H14FNO3/c1-2-18-13(17)9-5-8-3-4-10(14)7-11(8)15-12(16)6-9/h3-4,7,9H,2,5-6H2,1H3,(H,15,16)/t9-/m0/s1. The summed E-state index contributed by atoms with van der Waals surface area (Å²) in [7, 11) is 0. The number of amides is 1. The second kappa shape index (κ2) is 5.16. The summed E-state index contributed by atoms with van der Waals surface area (Å²) in [5.41, 5.74) is 1.19. The van der Waals surface area contributed by atoms with Crippen LogP contribution in [-0.4, -0.2) is 18.5 Å². The van der Waals surface area contributed by atoms with Gasteiger partial charge < -0.3 is 10.1 Å². The van der Waals surface area contributed by atoms with Crippen LogP contribution in [0.25, 0.3) is 0 Å². The van der Waals surface area contributed by atoms with Gasteiger partial charge in [-0.05, 0) is 31.0 Å². The zero-order valence-corrected chi connectivity index (χ0v) is 10.0. The van der Waals surface area contributed by atoms with Crippen molar-refractivity contribution in [3.05, 3.63) is 29.6 Å². The molecule has 0 saturated heterocycles. The molecule has 0 radical (unpaired) electrons. The average Bonchev–Trinajstić information content (AvgIpc) is 2.47. The molecule has 1 atom stereocenters. The molecule has 0 aromatic heterocycles. The molecule has 4 nitrogen and oxygen atoms in total. The lowest BCUT2D eigenvalue weighted by Crippen LogP contribution is -2.23. The highest BCUT2D eigenvalue weighted by Gasteiger charge is 2.28. The summed E-state index contributed by atoms with van der Waals surface area (Å²) in [5, 5.41) is 2.60. The Morgan fingerprint density at radius 2 is 2.28 bits per heavy atom. The van der Waals surface area contributed by atoms with Gasteiger partial charge in [0.25, 0.3) is 0 Å². The summed E-state index contributed by atoms with van der Waals surface area (Å²) in [4.78, 5) is 23.3. The zero-order chi connectivity index (χ0) is 13.1. The number of esters is 1. The molecule has 0 bridgehead atoms. The first-order valence-corrected chi connectivity index (χ1v) is 5.85. The molecule has 0 fully saturated rings. The summed E-state index contributed by atoms with van der Waals surface area (Å²) in [6.07, 6.45) is 0.447. The molecule has 1 amide bonds. The Kier molecular flexibility index (Phi) is 3.60. The van der Waals surface area contributed by atoms with Gasteiger partial charge >= 0.3 is 5.97 Å². The van der Waals surface area contributed by atoms with Crippen LogP contribution < -0.4 is 5.32 Å². The predicted molar refractivity (Wildman–Crippen MR) is 63.5 cm³/mol. The SMILES string of the molecule is CCOC(=O)[C@@H]1CC(=O)Nc2cc(F)ccc2C1. The van der Waals surface area contributed by atoms with E-state index in [0.717, 1.165) is 5.56 Å². The van der Waals surface area contributed by atoms with Gasteiger partial charge in [-0.2, -0.15) is 0 Å². The van der Waals surface area contributed by atoms with Gasteiger partial charge in [-0.15, -0.1) is 0 Å². The van der Waals surface area contributed by atoms with Gasteiger partial charge in [0.1, 0.15) is 5.82 Å². The lowest BCUT2D eigenvalue weighted by Gasteiger charge is -2.11. The number of rotatable bonds is 2. The predicted octanol–water partition coefficient (Wildman–Crippen LogP) is 1.89. The molecule has 18 heavy (non-hydrogen) atoms. The first-order chi connectivity index (χ1) is 8.60. The largest absolute Gasteiger partial charge is 0.466 e. The number of carbonyl (C=O) groups excluding carboxylic acids is 2. The van der Waals surface area contributed by atoms with E-state index in [2.05, 4.69) is 5.32 Å². The summed E-state index contributed by atoms with van der Waals surface area (Å²) in [5.74, 6) is -1.59. The number of benzene rings is 1. The minimum absolute atomic E-state index is 0.0646. The van der Waals surface area contributed by atoms with E-state index in [1.807, 2.05) is 0 Å². The summed E-state index contributed by atoms with van der Waals surface area (Å²) in [6.45, 7) is 2.01. The smallest absolute Gasteiger partial charge is 0.309 e. The summed E-state index contributed by atoms with van der Waals surface area (Å²) in [6, 6.07) is 4.17. The molecular weight excluding hydrogens is 237 g/mol. The van der Waals surface area contributed by atoms with E-state index in [4.69, 9.17) is 4.74 Å². The number of halogens is 1. The highest BCUT2D eigenvalue weighted by atomic mass is 19.1. The van der Waals surface area contributed by atoms with E-state index in [1.54, 1.807) is 13.0 Å². The average molecular weight is 251 g/mol. The third-order valence-electron chi connectivity index (χ3n) is 2.86. The lowest BCUT2D eigenvalue weighted by molar-refractivity contribution is -0.149. The number of hydrogen-bond acceptors (Lipinski definition) is 3. The van der Waals surface area contributed by atoms with E-state index in [-0.39, 0.29) is 24.9 Å². The highest BCUT2D eigenvalue weighted by molar-refractivity contribution is 5.95. The first kappa shape index (κ1) is 12.5. The molecule has 0 saturated carbocycles. The van der Waals surface area contributed by atoms with Crippen LogP contribution in [0.15, 0.2) is 18.2 Å². The van der Waals surface area contributed by atoms with Crippen LogP contribution in [0.1, 0.15) is 18.9 Å². The van der Waals surface area contributed by atoms with E-state index in [9.17, 15) is 14.0 Å². The number of nitrogens with one attached hydrogen (secondary N) is 1. The molecule has 0 aliphatic carbocycles. The van der Waals surface area contributed by atoms with Gasteiger partial charge in [0.15, 0.2) is 0 Å². The van der Waals surface area contributed by atoms with Crippen LogP contribution in [-0.2, 0) is 20.7 Å². The quantitative estimate of drug-likeness (QED) is 0.817. The molecular formula is C13H14FNO3. The Balaban J connectivity index is 2.27. The minimum Gasteiger partial charge on any atom is -0.466 e. The molecule has 1 N–H and O–H groups in total. The third kappa shape index (κ3) is 2.67. The molecule has 96 valence electrons. The second-order valence-corrected chi connectivity index (χ2v) is 4.21. The van der Waals surface area contributed by atoms with Crippen molar-refractivity contribution in [1.29, 1.82) is 0 Å².